The minimum absolute atomic E-state index is 0.628. The molecule has 1 N–H and O–H groups in total. The molecule has 0 unspecified atom stereocenters. The molecule has 0 radical (unpaired) electrons. The van der Waals surface area contributed by atoms with Gasteiger partial charge in [0.05, 0.1) is 0 Å². The minimum Gasteiger partial charge on any atom is -0.373 e. The van der Waals surface area contributed by atoms with E-state index in [2.05, 4.69) is 48.0 Å². The fourth-order valence-corrected chi connectivity index (χ4v) is 1.91. The molecule has 0 aliphatic heterocycles. The lowest BCUT2D eigenvalue weighted by Gasteiger charge is -2.23. The largest absolute Gasteiger partial charge is 0.373 e. The predicted octanol–water partition coefficient (Wildman–Crippen LogP) is 2.17. The van der Waals surface area contributed by atoms with Gasteiger partial charge in [0.1, 0.15) is 18.0 Å². The second-order valence-corrected chi connectivity index (χ2v) is 4.40. The maximum absolute atomic E-state index is 4.39. The molecule has 0 aromatic carbocycles. The Hall–Kier alpha value is -1.32. The summed E-state index contributed by atoms with van der Waals surface area (Å²) in [4.78, 5) is 10.8. The molecule has 4 heteroatoms. The number of nitrogens with one attached hydrogen (secondary N) is 1. The smallest absolute Gasteiger partial charge is 0.137 e. The minimum atomic E-state index is 0.628. The highest BCUT2D eigenvalue weighted by Crippen LogP contribution is 2.23. The van der Waals surface area contributed by atoms with Gasteiger partial charge in [-0.3, -0.25) is 0 Å². The van der Waals surface area contributed by atoms with Gasteiger partial charge in [0.25, 0.3) is 0 Å². The first-order valence-corrected chi connectivity index (χ1v) is 5.82. The zero-order valence-electron chi connectivity index (χ0n) is 10.9. The van der Waals surface area contributed by atoms with Gasteiger partial charge < -0.3 is 10.2 Å². The van der Waals surface area contributed by atoms with Crippen molar-refractivity contribution in [2.24, 2.45) is 5.92 Å². The van der Waals surface area contributed by atoms with Crippen LogP contribution in [0.3, 0.4) is 0 Å². The SMILES string of the molecule is CCc1c(NC)ncnc1N(C)CC(C)C. The van der Waals surface area contributed by atoms with Crippen molar-refractivity contribution in [3.8, 4) is 0 Å². The standard InChI is InChI=1S/C12H22N4/c1-6-10-11(13-4)14-8-15-12(10)16(5)7-9(2)3/h8-9H,6-7H2,1-5H3,(H,13,14,15). The van der Waals surface area contributed by atoms with Crippen molar-refractivity contribution in [2.75, 3.05) is 30.9 Å². The maximum atomic E-state index is 4.39. The Kier molecular flexibility index (Phi) is 4.52. The van der Waals surface area contributed by atoms with Crippen molar-refractivity contribution >= 4 is 11.6 Å². The summed E-state index contributed by atoms with van der Waals surface area (Å²) in [7, 11) is 3.98. The van der Waals surface area contributed by atoms with Crippen LogP contribution in [0.5, 0.6) is 0 Å². The number of hydrogen-bond donors (Lipinski definition) is 1. The van der Waals surface area contributed by atoms with Crippen molar-refractivity contribution in [3.05, 3.63) is 11.9 Å². The number of nitrogens with zero attached hydrogens (tertiary/aromatic N) is 3. The number of rotatable bonds is 5. The summed E-state index contributed by atoms with van der Waals surface area (Å²) in [5.41, 5.74) is 1.19. The van der Waals surface area contributed by atoms with Crippen molar-refractivity contribution in [3.63, 3.8) is 0 Å². The molecular formula is C12H22N4. The normalized spacial score (nSPS) is 10.6. The maximum Gasteiger partial charge on any atom is 0.137 e. The topological polar surface area (TPSA) is 41.1 Å². The van der Waals surface area contributed by atoms with E-state index in [4.69, 9.17) is 0 Å². The van der Waals surface area contributed by atoms with E-state index in [1.165, 1.54) is 5.56 Å². The van der Waals surface area contributed by atoms with Gasteiger partial charge in [0.15, 0.2) is 0 Å². The first-order chi connectivity index (χ1) is 7.60. The Morgan fingerprint density at radius 3 is 2.56 bits per heavy atom. The molecule has 4 nitrogen and oxygen atoms in total. The third-order valence-electron chi connectivity index (χ3n) is 2.51. The summed E-state index contributed by atoms with van der Waals surface area (Å²) in [5, 5.41) is 3.12. The monoisotopic (exact) mass is 222 g/mol. The van der Waals surface area contributed by atoms with E-state index in [0.29, 0.717) is 5.92 Å². The molecule has 1 heterocycles. The average molecular weight is 222 g/mol. The molecule has 0 spiro atoms. The Balaban J connectivity index is 3.02. The summed E-state index contributed by atoms with van der Waals surface area (Å²) < 4.78 is 0. The van der Waals surface area contributed by atoms with Crippen LogP contribution in [0, 0.1) is 5.92 Å². The first-order valence-electron chi connectivity index (χ1n) is 5.82. The molecule has 16 heavy (non-hydrogen) atoms. The quantitative estimate of drug-likeness (QED) is 0.829. The Labute approximate surface area is 98.1 Å². The van der Waals surface area contributed by atoms with Crippen LogP contribution in [0.25, 0.3) is 0 Å². The van der Waals surface area contributed by atoms with Gasteiger partial charge in [0, 0.05) is 26.2 Å². The molecule has 0 bridgehead atoms. The van der Waals surface area contributed by atoms with Gasteiger partial charge in [-0.1, -0.05) is 20.8 Å². The highest BCUT2D eigenvalue weighted by molar-refractivity contribution is 5.58. The molecular weight excluding hydrogens is 200 g/mol. The second-order valence-electron chi connectivity index (χ2n) is 4.40. The summed E-state index contributed by atoms with van der Waals surface area (Å²) in [6.45, 7) is 7.56. The van der Waals surface area contributed by atoms with Crippen LogP contribution in [0.1, 0.15) is 26.3 Å². The van der Waals surface area contributed by atoms with E-state index < -0.39 is 0 Å². The molecule has 0 atom stereocenters. The van der Waals surface area contributed by atoms with Crippen molar-refractivity contribution in [1.29, 1.82) is 0 Å². The van der Waals surface area contributed by atoms with Crippen LogP contribution in [0.4, 0.5) is 11.6 Å². The molecule has 90 valence electrons. The van der Waals surface area contributed by atoms with Crippen molar-refractivity contribution < 1.29 is 0 Å². The highest BCUT2D eigenvalue weighted by atomic mass is 15.2. The van der Waals surface area contributed by atoms with E-state index >= 15 is 0 Å². The highest BCUT2D eigenvalue weighted by Gasteiger charge is 2.13. The van der Waals surface area contributed by atoms with Crippen LogP contribution in [0.2, 0.25) is 0 Å². The zero-order valence-corrected chi connectivity index (χ0v) is 10.9. The summed E-state index contributed by atoms with van der Waals surface area (Å²) >= 11 is 0. The molecule has 1 aromatic heterocycles. The fraction of sp³-hybridized carbons (Fsp3) is 0.667. The molecule has 0 aliphatic rings. The van der Waals surface area contributed by atoms with E-state index in [1.54, 1.807) is 6.33 Å². The Morgan fingerprint density at radius 2 is 2.06 bits per heavy atom. The molecule has 1 aromatic rings. The number of aromatic nitrogens is 2. The second kappa shape index (κ2) is 5.68. The zero-order chi connectivity index (χ0) is 12.1. The summed E-state index contributed by atoms with van der Waals surface area (Å²) in [6, 6.07) is 0. The van der Waals surface area contributed by atoms with Gasteiger partial charge >= 0.3 is 0 Å². The van der Waals surface area contributed by atoms with E-state index in [9.17, 15) is 0 Å². The van der Waals surface area contributed by atoms with Crippen LogP contribution in [-0.4, -0.2) is 30.6 Å². The third kappa shape index (κ3) is 2.84. The number of anilines is 2. The summed E-state index contributed by atoms with van der Waals surface area (Å²) in [6.07, 6.45) is 2.56. The molecule has 0 saturated carbocycles. The van der Waals surface area contributed by atoms with E-state index in [0.717, 1.165) is 24.6 Å². The van der Waals surface area contributed by atoms with E-state index in [-0.39, 0.29) is 0 Å². The van der Waals surface area contributed by atoms with Gasteiger partial charge in [-0.15, -0.1) is 0 Å². The van der Waals surface area contributed by atoms with Gasteiger partial charge in [-0.05, 0) is 12.3 Å². The van der Waals surface area contributed by atoms with Gasteiger partial charge in [0.2, 0.25) is 0 Å². The lowest BCUT2D eigenvalue weighted by molar-refractivity contribution is 0.632. The molecule has 0 fully saturated rings. The molecule has 0 amide bonds. The Bertz CT molecular complexity index is 336. The lowest BCUT2D eigenvalue weighted by Crippen LogP contribution is -2.25. The Morgan fingerprint density at radius 1 is 1.38 bits per heavy atom. The third-order valence-corrected chi connectivity index (χ3v) is 2.51. The van der Waals surface area contributed by atoms with E-state index in [1.807, 2.05) is 7.05 Å². The lowest BCUT2D eigenvalue weighted by atomic mass is 10.1. The molecule has 0 saturated heterocycles. The number of hydrogen-bond acceptors (Lipinski definition) is 4. The van der Waals surface area contributed by atoms with Crippen LogP contribution >= 0.6 is 0 Å². The van der Waals surface area contributed by atoms with Crippen molar-refractivity contribution in [2.45, 2.75) is 27.2 Å². The average Bonchev–Trinajstić information content (AvgIpc) is 2.26. The van der Waals surface area contributed by atoms with Crippen LogP contribution in [-0.2, 0) is 6.42 Å². The first kappa shape index (κ1) is 12.7. The summed E-state index contributed by atoms with van der Waals surface area (Å²) in [5.74, 6) is 2.60. The van der Waals surface area contributed by atoms with Gasteiger partial charge in [-0.2, -0.15) is 0 Å². The molecule has 1 rings (SSSR count). The van der Waals surface area contributed by atoms with Gasteiger partial charge in [-0.25, -0.2) is 9.97 Å². The molecule has 0 aliphatic carbocycles. The fourth-order valence-electron chi connectivity index (χ4n) is 1.91. The van der Waals surface area contributed by atoms with Crippen LogP contribution < -0.4 is 10.2 Å². The van der Waals surface area contributed by atoms with Crippen molar-refractivity contribution in [1.82, 2.24) is 9.97 Å². The van der Waals surface area contributed by atoms with Crippen LogP contribution in [0.15, 0.2) is 6.33 Å². The predicted molar refractivity (Wildman–Crippen MR) is 69.1 cm³/mol.